The largest absolute Gasteiger partial charge is 0.462 e. The summed E-state index contributed by atoms with van der Waals surface area (Å²) >= 11 is 0. The van der Waals surface area contributed by atoms with Crippen molar-refractivity contribution < 1.29 is 9.53 Å². The number of ether oxygens (including phenoxy) is 1. The summed E-state index contributed by atoms with van der Waals surface area (Å²) in [5, 5.41) is 12.2. The molecule has 2 atom stereocenters. The number of fused-ring (bicyclic) bond motifs is 2. The minimum Gasteiger partial charge on any atom is -0.462 e. The highest BCUT2D eigenvalue weighted by molar-refractivity contribution is 5.94. The molecule has 0 spiro atoms. The molecule has 4 aliphatic rings. The number of anilines is 2. The molecule has 10 nitrogen and oxygen atoms in total. The Kier molecular flexibility index (Phi) is 10.1. The van der Waals surface area contributed by atoms with Crippen LogP contribution in [-0.2, 0) is 17.8 Å². The number of nitrogens with zero attached hydrogens (tertiary/aromatic N) is 8. The maximum Gasteiger partial charge on any atom is 0.318 e. The van der Waals surface area contributed by atoms with E-state index in [2.05, 4.69) is 75.2 Å². The molecule has 0 unspecified atom stereocenters. The van der Waals surface area contributed by atoms with E-state index < -0.39 is 0 Å². The summed E-state index contributed by atoms with van der Waals surface area (Å²) in [7, 11) is 2.15. The lowest BCUT2D eigenvalue weighted by molar-refractivity contribution is -0.128. The standard InChI is InChI=1S/C38H48N8O2/c1-42-19-8-12-31(42)28-48-38-40-34-27-44(35-14-7-11-29-10-3-4-13-32(29)35)23-17-33(34)37(41-38)45-24-25-46(30(26-45)16-18-39)36(47)15-9-22-43-20-5-2-6-21-43/h3-4,7,9-11,13-15,30-31H,2,5-6,8,12,16-17,19-28H2,1H3/b15-9+/t30-,31-/m0/s1. The molecule has 252 valence electrons. The van der Waals surface area contributed by atoms with E-state index in [1.165, 1.54) is 42.1 Å². The van der Waals surface area contributed by atoms with Crippen molar-refractivity contribution in [3.63, 3.8) is 0 Å². The smallest absolute Gasteiger partial charge is 0.318 e. The summed E-state index contributed by atoms with van der Waals surface area (Å²) in [5.41, 5.74) is 3.35. The van der Waals surface area contributed by atoms with Gasteiger partial charge in [0.2, 0.25) is 5.91 Å². The molecule has 10 heteroatoms. The van der Waals surface area contributed by atoms with Crippen molar-refractivity contribution in [2.75, 3.05) is 75.8 Å². The van der Waals surface area contributed by atoms with Crippen molar-refractivity contribution in [2.24, 2.45) is 0 Å². The first kappa shape index (κ1) is 32.4. The van der Waals surface area contributed by atoms with Crippen molar-refractivity contribution in [1.29, 1.82) is 5.26 Å². The van der Waals surface area contributed by atoms with Crippen molar-refractivity contribution in [3.05, 3.63) is 65.9 Å². The predicted octanol–water partition coefficient (Wildman–Crippen LogP) is 4.64. The number of carbonyl (C=O) groups is 1. The first-order chi connectivity index (χ1) is 23.6. The monoisotopic (exact) mass is 648 g/mol. The minimum absolute atomic E-state index is 0.00735. The number of aromatic nitrogens is 2. The quantitative estimate of drug-likeness (QED) is 0.308. The van der Waals surface area contributed by atoms with Gasteiger partial charge in [-0.25, -0.2) is 0 Å². The third-order valence-electron chi connectivity index (χ3n) is 10.7. The number of nitriles is 1. The van der Waals surface area contributed by atoms with Gasteiger partial charge in [-0.1, -0.05) is 48.9 Å². The highest BCUT2D eigenvalue weighted by atomic mass is 16.5. The van der Waals surface area contributed by atoms with E-state index in [0.717, 1.165) is 62.6 Å². The van der Waals surface area contributed by atoms with E-state index in [0.29, 0.717) is 44.8 Å². The van der Waals surface area contributed by atoms with Gasteiger partial charge in [-0.2, -0.15) is 15.2 Å². The molecule has 3 fully saturated rings. The van der Waals surface area contributed by atoms with Crippen LogP contribution in [-0.4, -0.2) is 109 Å². The number of rotatable bonds is 9. The predicted molar refractivity (Wildman–Crippen MR) is 189 cm³/mol. The first-order valence-electron chi connectivity index (χ1n) is 17.8. The Bertz CT molecular complexity index is 1660. The van der Waals surface area contributed by atoms with Gasteiger partial charge in [0.05, 0.1) is 30.8 Å². The summed E-state index contributed by atoms with van der Waals surface area (Å²) in [6.07, 6.45) is 10.8. The molecule has 0 radical (unpaired) electrons. The van der Waals surface area contributed by atoms with Gasteiger partial charge in [0, 0.05) is 61.5 Å². The molecule has 5 heterocycles. The molecule has 3 saturated heterocycles. The number of benzene rings is 2. The fourth-order valence-corrected chi connectivity index (χ4v) is 7.92. The van der Waals surface area contributed by atoms with E-state index in [9.17, 15) is 10.1 Å². The van der Waals surface area contributed by atoms with Crippen LogP contribution in [0, 0.1) is 11.3 Å². The number of likely N-dealkylation sites (N-methyl/N-ethyl adjacent to an activating group) is 1. The van der Waals surface area contributed by atoms with Crippen LogP contribution in [0.25, 0.3) is 10.8 Å². The Morgan fingerprint density at radius 1 is 0.958 bits per heavy atom. The Balaban J connectivity index is 1.13. The Labute approximate surface area is 284 Å². The van der Waals surface area contributed by atoms with Crippen LogP contribution in [0.15, 0.2) is 54.6 Å². The molecule has 0 N–H and O–H groups in total. The zero-order valence-corrected chi connectivity index (χ0v) is 28.3. The Hall–Kier alpha value is -4.20. The number of piperidine rings is 1. The highest BCUT2D eigenvalue weighted by Gasteiger charge is 2.34. The molecule has 1 amide bonds. The van der Waals surface area contributed by atoms with Crippen molar-refractivity contribution in [3.8, 4) is 12.1 Å². The van der Waals surface area contributed by atoms with Crippen LogP contribution in [0.3, 0.4) is 0 Å². The van der Waals surface area contributed by atoms with E-state index in [1.807, 2.05) is 11.0 Å². The van der Waals surface area contributed by atoms with Gasteiger partial charge in [0.15, 0.2) is 0 Å². The van der Waals surface area contributed by atoms with Gasteiger partial charge >= 0.3 is 6.01 Å². The summed E-state index contributed by atoms with van der Waals surface area (Å²) in [4.78, 5) is 34.8. The molecular weight excluding hydrogens is 600 g/mol. The van der Waals surface area contributed by atoms with E-state index >= 15 is 0 Å². The number of piperazine rings is 1. The van der Waals surface area contributed by atoms with E-state index in [4.69, 9.17) is 14.7 Å². The summed E-state index contributed by atoms with van der Waals surface area (Å²) < 4.78 is 6.36. The fraction of sp³-hybridized carbons (Fsp3) is 0.526. The second-order valence-electron chi connectivity index (χ2n) is 13.8. The molecule has 2 aromatic carbocycles. The zero-order valence-electron chi connectivity index (χ0n) is 28.3. The second-order valence-corrected chi connectivity index (χ2v) is 13.8. The third-order valence-corrected chi connectivity index (χ3v) is 10.7. The van der Waals surface area contributed by atoms with Crippen molar-refractivity contribution in [2.45, 2.75) is 63.6 Å². The first-order valence-corrected chi connectivity index (χ1v) is 17.8. The third kappa shape index (κ3) is 7.13. The van der Waals surface area contributed by atoms with Crippen LogP contribution in [0.2, 0.25) is 0 Å². The van der Waals surface area contributed by atoms with Crippen molar-refractivity contribution in [1.82, 2.24) is 24.7 Å². The van der Waals surface area contributed by atoms with Crippen LogP contribution < -0.4 is 14.5 Å². The average molecular weight is 649 g/mol. The van der Waals surface area contributed by atoms with Crippen LogP contribution in [0.4, 0.5) is 11.5 Å². The molecule has 48 heavy (non-hydrogen) atoms. The number of hydrogen-bond acceptors (Lipinski definition) is 9. The lowest BCUT2D eigenvalue weighted by Gasteiger charge is -2.42. The molecule has 3 aromatic rings. The summed E-state index contributed by atoms with van der Waals surface area (Å²) in [5.74, 6) is 0.884. The van der Waals surface area contributed by atoms with Gasteiger partial charge in [0.25, 0.3) is 0 Å². The lowest BCUT2D eigenvalue weighted by Crippen LogP contribution is -2.55. The molecule has 0 bridgehead atoms. The number of hydrogen-bond donors (Lipinski definition) is 0. The molecule has 4 aliphatic heterocycles. The Morgan fingerprint density at radius 3 is 2.65 bits per heavy atom. The maximum atomic E-state index is 13.4. The van der Waals surface area contributed by atoms with Crippen LogP contribution >= 0.6 is 0 Å². The van der Waals surface area contributed by atoms with Gasteiger partial charge < -0.3 is 24.3 Å². The molecule has 0 saturated carbocycles. The van der Waals surface area contributed by atoms with Crippen LogP contribution in [0.1, 0.15) is 49.8 Å². The van der Waals surface area contributed by atoms with Gasteiger partial charge in [-0.3, -0.25) is 9.69 Å². The van der Waals surface area contributed by atoms with Crippen molar-refractivity contribution >= 4 is 28.2 Å². The van der Waals surface area contributed by atoms with Gasteiger partial charge in [0.1, 0.15) is 12.4 Å². The van der Waals surface area contributed by atoms with Gasteiger partial charge in [-0.05, 0) is 70.2 Å². The molecular formula is C38H48N8O2. The number of amides is 1. The maximum absolute atomic E-state index is 13.4. The summed E-state index contributed by atoms with van der Waals surface area (Å²) in [6, 6.07) is 17.9. The molecule has 7 rings (SSSR count). The van der Waals surface area contributed by atoms with E-state index in [1.54, 1.807) is 6.08 Å². The highest BCUT2D eigenvalue weighted by Crippen LogP contribution is 2.35. The normalized spacial score (nSPS) is 22.3. The molecule has 0 aliphatic carbocycles. The minimum atomic E-state index is -0.214. The number of likely N-dealkylation sites (tertiary alicyclic amines) is 2. The number of carbonyl (C=O) groups excluding carboxylic acids is 1. The SMILES string of the molecule is CN1CCC[C@H]1COc1nc2c(c(N3CCN(C(=O)/C=C/CN4CCCCC4)[C@@H](CC#N)C3)n1)CCN(c1cccc3ccccc13)C2. The average Bonchev–Trinajstić information content (AvgIpc) is 3.54. The Morgan fingerprint density at radius 2 is 1.81 bits per heavy atom. The van der Waals surface area contributed by atoms with E-state index in [-0.39, 0.29) is 18.4 Å². The van der Waals surface area contributed by atoms with Gasteiger partial charge in [-0.15, -0.1) is 0 Å². The zero-order chi connectivity index (χ0) is 32.9. The molecule has 1 aromatic heterocycles. The second kappa shape index (κ2) is 14.9. The topological polar surface area (TPSA) is 92.1 Å². The summed E-state index contributed by atoms with van der Waals surface area (Å²) in [6.45, 7) is 7.91. The lowest BCUT2D eigenvalue weighted by atomic mass is 10.0. The van der Waals surface area contributed by atoms with Crippen LogP contribution in [0.5, 0.6) is 6.01 Å². The fourth-order valence-electron chi connectivity index (χ4n) is 7.92.